The number of aromatic nitrogens is 1. The molecule has 1 aliphatic heterocycles. The van der Waals surface area contributed by atoms with E-state index in [9.17, 15) is 4.79 Å². The van der Waals surface area contributed by atoms with Crippen LogP contribution in [-0.2, 0) is 6.54 Å². The van der Waals surface area contributed by atoms with Gasteiger partial charge < -0.3 is 24.3 Å². The molecule has 4 aromatic rings. The molecule has 0 radical (unpaired) electrons. The highest BCUT2D eigenvalue weighted by atomic mass is 35.5. The lowest BCUT2D eigenvalue weighted by molar-refractivity contribution is 0.194. The van der Waals surface area contributed by atoms with Crippen molar-refractivity contribution in [2.24, 2.45) is 0 Å². The number of methoxy groups -OCH3 is 2. The summed E-state index contributed by atoms with van der Waals surface area (Å²) in [5.74, 6) is 0.936. The van der Waals surface area contributed by atoms with Crippen molar-refractivity contribution in [1.29, 1.82) is 0 Å². The van der Waals surface area contributed by atoms with Gasteiger partial charge in [0.15, 0.2) is 0 Å². The second kappa shape index (κ2) is 9.39. The van der Waals surface area contributed by atoms with Crippen molar-refractivity contribution in [3.05, 3.63) is 106 Å². The van der Waals surface area contributed by atoms with Gasteiger partial charge >= 0.3 is 6.03 Å². The highest BCUT2D eigenvalue weighted by molar-refractivity contribution is 6.32. The predicted molar refractivity (Wildman–Crippen MR) is 138 cm³/mol. The highest BCUT2D eigenvalue weighted by Crippen LogP contribution is 2.39. The van der Waals surface area contributed by atoms with E-state index in [4.69, 9.17) is 21.1 Å². The zero-order valence-corrected chi connectivity index (χ0v) is 20.5. The molecule has 0 fully saturated rings. The second-order valence-electron chi connectivity index (χ2n) is 8.49. The zero-order valence-electron chi connectivity index (χ0n) is 19.8. The number of rotatable bonds is 4. The van der Waals surface area contributed by atoms with Crippen LogP contribution in [0, 0.1) is 6.92 Å². The fourth-order valence-electron chi connectivity index (χ4n) is 4.58. The third-order valence-corrected chi connectivity index (χ3v) is 6.63. The number of para-hydroxylation sites is 1. The minimum Gasteiger partial charge on any atom is -0.495 e. The number of hydrogen-bond acceptors (Lipinski definition) is 3. The van der Waals surface area contributed by atoms with Crippen molar-refractivity contribution in [3.8, 4) is 17.2 Å². The molecule has 6 nitrogen and oxygen atoms in total. The number of fused-ring (bicyclic) bond motifs is 3. The maximum Gasteiger partial charge on any atom is 0.323 e. The monoisotopic (exact) mass is 487 g/mol. The molecule has 0 bridgehead atoms. The summed E-state index contributed by atoms with van der Waals surface area (Å²) in [6, 6.07) is 23.3. The molecule has 0 aliphatic carbocycles. The van der Waals surface area contributed by atoms with Gasteiger partial charge in [0.05, 0.1) is 43.2 Å². The molecule has 1 atom stereocenters. The van der Waals surface area contributed by atoms with E-state index < -0.39 is 0 Å². The van der Waals surface area contributed by atoms with Crippen molar-refractivity contribution in [1.82, 2.24) is 9.47 Å². The summed E-state index contributed by atoms with van der Waals surface area (Å²) in [7, 11) is 3.08. The Labute approximate surface area is 209 Å². The number of nitrogens with one attached hydrogen (secondary N) is 1. The van der Waals surface area contributed by atoms with E-state index >= 15 is 0 Å². The van der Waals surface area contributed by atoms with Crippen LogP contribution in [-0.4, -0.2) is 29.7 Å². The lowest BCUT2D eigenvalue weighted by Gasteiger charge is -2.31. The van der Waals surface area contributed by atoms with Gasteiger partial charge in [-0.2, -0.15) is 0 Å². The Morgan fingerprint density at radius 2 is 1.71 bits per heavy atom. The first-order valence-corrected chi connectivity index (χ1v) is 11.7. The van der Waals surface area contributed by atoms with Crippen LogP contribution in [0.3, 0.4) is 0 Å². The van der Waals surface area contributed by atoms with Crippen LogP contribution in [0.2, 0.25) is 5.02 Å². The van der Waals surface area contributed by atoms with Gasteiger partial charge in [-0.15, -0.1) is 0 Å². The smallest absolute Gasteiger partial charge is 0.323 e. The van der Waals surface area contributed by atoms with Crippen LogP contribution in [0.5, 0.6) is 11.5 Å². The lowest BCUT2D eigenvalue weighted by Crippen LogP contribution is -2.38. The number of benzene rings is 3. The number of aryl methyl sites for hydroxylation is 1. The molecule has 178 valence electrons. The SMILES string of the molecule is COc1cc(OC)c(NC(=O)N2Cc3ccccc3-n3cccc3[C@H]2c2ccc(C)cc2)cc1Cl. The molecule has 5 rings (SSSR count). The van der Waals surface area contributed by atoms with E-state index in [1.807, 2.05) is 29.3 Å². The average molecular weight is 488 g/mol. The number of amides is 2. The topological polar surface area (TPSA) is 55.7 Å². The molecule has 0 spiro atoms. The van der Waals surface area contributed by atoms with Crippen LogP contribution in [0.4, 0.5) is 10.5 Å². The molecule has 35 heavy (non-hydrogen) atoms. The minimum absolute atomic E-state index is 0.264. The Hall–Kier alpha value is -3.90. The third kappa shape index (κ3) is 4.21. The van der Waals surface area contributed by atoms with E-state index in [1.54, 1.807) is 19.2 Å². The van der Waals surface area contributed by atoms with Crippen LogP contribution in [0.15, 0.2) is 79.0 Å². The molecule has 0 saturated carbocycles. The number of hydrogen-bond donors (Lipinski definition) is 1. The van der Waals surface area contributed by atoms with Gasteiger partial charge in [-0.1, -0.05) is 59.6 Å². The summed E-state index contributed by atoms with van der Waals surface area (Å²) >= 11 is 6.36. The standard InChI is InChI=1S/C28H26ClN3O3/c1-18-10-12-19(13-11-18)27-24-9-6-14-31(24)23-8-5-4-7-20(23)17-32(27)28(33)30-22-15-21(29)25(34-2)16-26(22)35-3/h4-16,27H,17H2,1-3H3,(H,30,33)/t27-/m1/s1. The Morgan fingerprint density at radius 1 is 0.971 bits per heavy atom. The van der Waals surface area contributed by atoms with Crippen LogP contribution < -0.4 is 14.8 Å². The van der Waals surface area contributed by atoms with Crippen molar-refractivity contribution < 1.29 is 14.3 Å². The molecule has 2 heterocycles. The summed E-state index contributed by atoms with van der Waals surface area (Å²) in [5, 5.41) is 3.41. The molecule has 1 aromatic heterocycles. The summed E-state index contributed by atoms with van der Waals surface area (Å²) in [6.45, 7) is 2.48. The minimum atomic E-state index is -0.308. The van der Waals surface area contributed by atoms with Gasteiger partial charge in [0, 0.05) is 18.0 Å². The average Bonchev–Trinajstić information content (AvgIpc) is 3.29. The normalized spacial score (nSPS) is 14.5. The quantitative estimate of drug-likeness (QED) is 0.353. The van der Waals surface area contributed by atoms with E-state index in [-0.39, 0.29) is 12.1 Å². The number of carbonyl (C=O) groups excluding carboxylic acids is 1. The van der Waals surface area contributed by atoms with Crippen molar-refractivity contribution >= 4 is 23.3 Å². The highest BCUT2D eigenvalue weighted by Gasteiger charge is 2.33. The van der Waals surface area contributed by atoms with E-state index in [0.717, 1.165) is 28.1 Å². The summed E-state index contributed by atoms with van der Waals surface area (Å²) in [5.41, 5.74) is 5.78. The van der Waals surface area contributed by atoms with Crippen LogP contribution in [0.25, 0.3) is 5.69 Å². The molecular formula is C28H26ClN3O3. The number of ether oxygens (including phenoxy) is 2. The van der Waals surface area contributed by atoms with E-state index in [1.165, 1.54) is 7.11 Å². The third-order valence-electron chi connectivity index (χ3n) is 6.33. The molecule has 1 aliphatic rings. The number of urea groups is 1. The Balaban J connectivity index is 1.61. The van der Waals surface area contributed by atoms with Gasteiger partial charge in [0.2, 0.25) is 0 Å². The Kier molecular flexibility index (Phi) is 6.14. The van der Waals surface area contributed by atoms with Crippen LogP contribution in [0.1, 0.15) is 28.4 Å². The first kappa shape index (κ1) is 22.9. The fourth-order valence-corrected chi connectivity index (χ4v) is 4.82. The second-order valence-corrected chi connectivity index (χ2v) is 8.90. The largest absolute Gasteiger partial charge is 0.495 e. The van der Waals surface area contributed by atoms with Crippen LogP contribution >= 0.6 is 11.6 Å². The number of anilines is 1. The molecular weight excluding hydrogens is 462 g/mol. The maximum atomic E-state index is 13.9. The molecule has 2 amide bonds. The van der Waals surface area contributed by atoms with Crippen molar-refractivity contribution in [2.75, 3.05) is 19.5 Å². The van der Waals surface area contributed by atoms with Gasteiger partial charge in [0.1, 0.15) is 11.5 Å². The van der Waals surface area contributed by atoms with E-state index in [2.05, 4.69) is 59.3 Å². The lowest BCUT2D eigenvalue weighted by atomic mass is 10.0. The molecule has 0 saturated heterocycles. The number of nitrogens with zero attached hydrogens (tertiary/aromatic N) is 2. The van der Waals surface area contributed by atoms with Crippen molar-refractivity contribution in [2.45, 2.75) is 19.5 Å². The molecule has 7 heteroatoms. The summed E-state index contributed by atoms with van der Waals surface area (Å²) in [6.07, 6.45) is 2.04. The number of halogens is 1. The van der Waals surface area contributed by atoms with Crippen molar-refractivity contribution in [3.63, 3.8) is 0 Å². The summed E-state index contributed by atoms with van der Waals surface area (Å²) < 4.78 is 13.0. The van der Waals surface area contributed by atoms with Gasteiger partial charge in [0.25, 0.3) is 0 Å². The molecule has 0 unspecified atom stereocenters. The molecule has 1 N–H and O–H groups in total. The van der Waals surface area contributed by atoms with Gasteiger partial charge in [-0.05, 0) is 42.3 Å². The number of carbonyl (C=O) groups is 1. The zero-order chi connectivity index (χ0) is 24.5. The fraction of sp³-hybridized carbons (Fsp3) is 0.179. The van der Waals surface area contributed by atoms with Gasteiger partial charge in [-0.3, -0.25) is 0 Å². The van der Waals surface area contributed by atoms with E-state index in [0.29, 0.717) is 28.8 Å². The Bertz CT molecular complexity index is 1380. The summed E-state index contributed by atoms with van der Waals surface area (Å²) in [4.78, 5) is 15.8. The predicted octanol–water partition coefficient (Wildman–Crippen LogP) is 6.59. The first-order valence-electron chi connectivity index (χ1n) is 11.3. The maximum absolute atomic E-state index is 13.9. The Morgan fingerprint density at radius 3 is 2.46 bits per heavy atom. The molecule has 3 aromatic carbocycles. The first-order chi connectivity index (χ1) is 17.0. The van der Waals surface area contributed by atoms with Gasteiger partial charge in [-0.25, -0.2) is 4.79 Å².